The first-order valence-corrected chi connectivity index (χ1v) is 6.45. The molecular weight excluding hydrogens is 222 g/mol. The zero-order valence-electron chi connectivity index (χ0n) is 11.2. The van der Waals surface area contributed by atoms with Crippen molar-refractivity contribution in [3.8, 4) is 0 Å². The second kappa shape index (κ2) is 6.47. The predicted molar refractivity (Wildman–Crippen MR) is 76.6 cm³/mol. The molecule has 96 valence electrons. The van der Waals surface area contributed by atoms with Gasteiger partial charge in [-0.1, -0.05) is 12.1 Å². The molecular formula is C15H21N3. The Bertz CT molecular complexity index is 494. The van der Waals surface area contributed by atoms with E-state index in [4.69, 9.17) is 0 Å². The van der Waals surface area contributed by atoms with E-state index in [9.17, 15) is 0 Å². The van der Waals surface area contributed by atoms with Crippen LogP contribution in [0.15, 0.2) is 36.5 Å². The maximum atomic E-state index is 4.33. The summed E-state index contributed by atoms with van der Waals surface area (Å²) in [4.78, 5) is 6.54. The van der Waals surface area contributed by atoms with Gasteiger partial charge in [-0.05, 0) is 57.4 Å². The van der Waals surface area contributed by atoms with E-state index in [-0.39, 0.29) is 0 Å². The van der Waals surface area contributed by atoms with Crippen molar-refractivity contribution in [2.45, 2.75) is 13.0 Å². The van der Waals surface area contributed by atoms with Gasteiger partial charge in [0.05, 0.1) is 5.52 Å². The van der Waals surface area contributed by atoms with E-state index in [0.29, 0.717) is 0 Å². The van der Waals surface area contributed by atoms with E-state index in [1.807, 2.05) is 12.3 Å². The number of nitrogens with zero attached hydrogens (tertiary/aromatic N) is 2. The molecule has 1 N–H and O–H groups in total. The molecule has 0 bridgehead atoms. The van der Waals surface area contributed by atoms with Gasteiger partial charge in [-0.15, -0.1) is 0 Å². The van der Waals surface area contributed by atoms with Crippen molar-refractivity contribution in [3.05, 3.63) is 42.1 Å². The molecule has 0 aliphatic carbocycles. The van der Waals surface area contributed by atoms with Crippen LogP contribution in [-0.4, -0.2) is 37.1 Å². The molecule has 0 fully saturated rings. The highest BCUT2D eigenvalue weighted by Gasteiger charge is 1.97. The van der Waals surface area contributed by atoms with E-state index in [2.05, 4.69) is 53.6 Å². The van der Waals surface area contributed by atoms with Gasteiger partial charge >= 0.3 is 0 Å². The zero-order chi connectivity index (χ0) is 12.8. The van der Waals surface area contributed by atoms with Gasteiger partial charge in [0.2, 0.25) is 0 Å². The molecule has 1 heterocycles. The van der Waals surface area contributed by atoms with Crippen molar-refractivity contribution in [2.24, 2.45) is 0 Å². The molecule has 0 saturated carbocycles. The molecule has 1 aromatic carbocycles. The fourth-order valence-electron chi connectivity index (χ4n) is 1.99. The number of hydrogen-bond acceptors (Lipinski definition) is 3. The minimum absolute atomic E-state index is 0.929. The standard InChI is InChI=1S/C15H21N3/c1-18(2)10-4-8-16-12-13-6-7-15-14(11-13)5-3-9-17-15/h3,5-7,9,11,16H,4,8,10,12H2,1-2H3. The van der Waals surface area contributed by atoms with E-state index in [1.165, 1.54) is 17.4 Å². The number of rotatable bonds is 6. The van der Waals surface area contributed by atoms with Gasteiger partial charge < -0.3 is 10.2 Å². The number of aromatic nitrogens is 1. The van der Waals surface area contributed by atoms with E-state index in [1.54, 1.807) is 0 Å². The molecule has 0 saturated heterocycles. The Hall–Kier alpha value is -1.45. The van der Waals surface area contributed by atoms with Gasteiger partial charge in [0.15, 0.2) is 0 Å². The van der Waals surface area contributed by atoms with E-state index < -0.39 is 0 Å². The first-order valence-electron chi connectivity index (χ1n) is 6.45. The number of benzene rings is 1. The molecule has 2 rings (SSSR count). The molecule has 0 atom stereocenters. The predicted octanol–water partition coefficient (Wildman–Crippen LogP) is 2.28. The highest BCUT2D eigenvalue weighted by atomic mass is 15.0. The van der Waals surface area contributed by atoms with Crippen molar-refractivity contribution in [3.63, 3.8) is 0 Å². The third-order valence-electron chi connectivity index (χ3n) is 2.96. The van der Waals surface area contributed by atoms with Crippen LogP contribution in [0.2, 0.25) is 0 Å². The van der Waals surface area contributed by atoms with Crippen LogP contribution in [0.3, 0.4) is 0 Å². The lowest BCUT2D eigenvalue weighted by Gasteiger charge is -2.10. The molecule has 18 heavy (non-hydrogen) atoms. The van der Waals surface area contributed by atoms with Crippen LogP contribution < -0.4 is 5.32 Å². The highest BCUT2D eigenvalue weighted by molar-refractivity contribution is 5.78. The molecule has 0 unspecified atom stereocenters. The molecule has 3 nitrogen and oxygen atoms in total. The third kappa shape index (κ3) is 3.79. The summed E-state index contributed by atoms with van der Waals surface area (Å²) in [5, 5.41) is 4.69. The molecule has 1 aromatic heterocycles. The van der Waals surface area contributed by atoms with Crippen molar-refractivity contribution in [2.75, 3.05) is 27.2 Å². The summed E-state index contributed by atoms with van der Waals surface area (Å²) in [6.07, 6.45) is 3.02. The Morgan fingerprint density at radius 2 is 2.11 bits per heavy atom. The zero-order valence-corrected chi connectivity index (χ0v) is 11.2. The topological polar surface area (TPSA) is 28.2 Å². The second-order valence-electron chi connectivity index (χ2n) is 4.86. The normalized spacial score (nSPS) is 11.3. The fourth-order valence-corrected chi connectivity index (χ4v) is 1.99. The van der Waals surface area contributed by atoms with E-state index in [0.717, 1.165) is 25.2 Å². The number of hydrogen-bond donors (Lipinski definition) is 1. The number of fused-ring (bicyclic) bond motifs is 1. The molecule has 0 amide bonds. The highest BCUT2D eigenvalue weighted by Crippen LogP contribution is 2.12. The van der Waals surface area contributed by atoms with Gasteiger partial charge in [0, 0.05) is 18.1 Å². The summed E-state index contributed by atoms with van der Waals surface area (Å²) >= 11 is 0. The van der Waals surface area contributed by atoms with Crippen molar-refractivity contribution < 1.29 is 0 Å². The minimum atomic E-state index is 0.929. The van der Waals surface area contributed by atoms with E-state index >= 15 is 0 Å². The molecule has 0 aliphatic heterocycles. The van der Waals surface area contributed by atoms with Crippen LogP contribution in [0.4, 0.5) is 0 Å². The third-order valence-corrected chi connectivity index (χ3v) is 2.96. The lowest BCUT2D eigenvalue weighted by atomic mass is 10.1. The summed E-state index contributed by atoms with van der Waals surface area (Å²) in [5.74, 6) is 0. The van der Waals surface area contributed by atoms with Crippen LogP contribution in [-0.2, 0) is 6.54 Å². The van der Waals surface area contributed by atoms with Gasteiger partial charge in [0.25, 0.3) is 0 Å². The lowest BCUT2D eigenvalue weighted by Crippen LogP contribution is -2.20. The first kappa shape index (κ1) is 13.0. The van der Waals surface area contributed by atoms with Crippen LogP contribution >= 0.6 is 0 Å². The van der Waals surface area contributed by atoms with Crippen LogP contribution in [0, 0.1) is 0 Å². The minimum Gasteiger partial charge on any atom is -0.313 e. The Kier molecular flexibility index (Phi) is 4.67. The van der Waals surface area contributed by atoms with Crippen molar-refractivity contribution in [1.82, 2.24) is 15.2 Å². The monoisotopic (exact) mass is 243 g/mol. The Balaban J connectivity index is 1.84. The van der Waals surface area contributed by atoms with Crippen LogP contribution in [0.5, 0.6) is 0 Å². The average molecular weight is 243 g/mol. The maximum Gasteiger partial charge on any atom is 0.0702 e. The Morgan fingerprint density at radius 3 is 2.94 bits per heavy atom. The summed E-state index contributed by atoms with van der Waals surface area (Å²) in [7, 11) is 4.21. The van der Waals surface area contributed by atoms with Crippen molar-refractivity contribution in [1.29, 1.82) is 0 Å². The SMILES string of the molecule is CN(C)CCCNCc1ccc2ncccc2c1. The smallest absolute Gasteiger partial charge is 0.0702 e. The summed E-state index contributed by atoms with van der Waals surface area (Å²) in [6, 6.07) is 10.5. The van der Waals surface area contributed by atoms with Gasteiger partial charge in [-0.3, -0.25) is 4.98 Å². The molecule has 0 aliphatic rings. The summed E-state index contributed by atoms with van der Waals surface area (Å²) < 4.78 is 0. The average Bonchev–Trinajstić information content (AvgIpc) is 2.38. The van der Waals surface area contributed by atoms with Crippen LogP contribution in [0.25, 0.3) is 10.9 Å². The van der Waals surface area contributed by atoms with Crippen LogP contribution in [0.1, 0.15) is 12.0 Å². The Labute approximate surface area is 109 Å². The fraction of sp³-hybridized carbons (Fsp3) is 0.400. The molecule has 0 spiro atoms. The number of nitrogens with one attached hydrogen (secondary N) is 1. The quantitative estimate of drug-likeness (QED) is 0.789. The van der Waals surface area contributed by atoms with Gasteiger partial charge in [0.1, 0.15) is 0 Å². The summed E-state index contributed by atoms with van der Waals surface area (Å²) in [5.41, 5.74) is 2.38. The lowest BCUT2D eigenvalue weighted by molar-refractivity contribution is 0.394. The second-order valence-corrected chi connectivity index (χ2v) is 4.86. The van der Waals surface area contributed by atoms with Crippen molar-refractivity contribution >= 4 is 10.9 Å². The first-order chi connectivity index (χ1) is 8.75. The van der Waals surface area contributed by atoms with Gasteiger partial charge in [-0.25, -0.2) is 0 Å². The number of pyridine rings is 1. The maximum absolute atomic E-state index is 4.33. The molecule has 3 heteroatoms. The summed E-state index contributed by atoms with van der Waals surface area (Å²) in [6.45, 7) is 3.12. The molecule has 2 aromatic rings. The molecule has 0 radical (unpaired) electrons. The Morgan fingerprint density at radius 1 is 1.22 bits per heavy atom. The van der Waals surface area contributed by atoms with Gasteiger partial charge in [-0.2, -0.15) is 0 Å². The largest absolute Gasteiger partial charge is 0.313 e.